The van der Waals surface area contributed by atoms with Crippen molar-refractivity contribution in [3.8, 4) is 5.75 Å². The standard InChI is InChI=1S/C14H20F2N2O3/c1-10(6-7-19)8-17-14(20)18-11-4-2-3-5-12(11)21-9-13(15)16/h2-5,10,13,19H,6-9H2,1H3,(H2,17,18,20). The van der Waals surface area contributed by atoms with Crippen molar-refractivity contribution >= 4 is 11.7 Å². The van der Waals surface area contributed by atoms with Gasteiger partial charge in [-0.2, -0.15) is 0 Å². The fraction of sp³-hybridized carbons (Fsp3) is 0.500. The van der Waals surface area contributed by atoms with Gasteiger partial charge in [0.15, 0.2) is 0 Å². The van der Waals surface area contributed by atoms with Crippen LogP contribution in [-0.2, 0) is 0 Å². The molecule has 0 saturated carbocycles. The maximum atomic E-state index is 12.2. The van der Waals surface area contributed by atoms with Crippen molar-refractivity contribution in [1.29, 1.82) is 0 Å². The van der Waals surface area contributed by atoms with E-state index in [1.165, 1.54) is 6.07 Å². The third-order valence-corrected chi connectivity index (χ3v) is 2.73. The number of hydrogen-bond acceptors (Lipinski definition) is 3. The summed E-state index contributed by atoms with van der Waals surface area (Å²) in [6.07, 6.45) is -1.99. The average molecular weight is 302 g/mol. The molecule has 3 N–H and O–H groups in total. The molecule has 0 aliphatic rings. The first-order chi connectivity index (χ1) is 10.0. The van der Waals surface area contributed by atoms with Gasteiger partial charge in [0.05, 0.1) is 5.69 Å². The lowest BCUT2D eigenvalue weighted by atomic mass is 10.1. The van der Waals surface area contributed by atoms with Gasteiger partial charge in [-0.1, -0.05) is 19.1 Å². The van der Waals surface area contributed by atoms with Crippen LogP contribution in [0.15, 0.2) is 24.3 Å². The number of urea groups is 1. The minimum absolute atomic E-state index is 0.0643. The average Bonchev–Trinajstić information content (AvgIpc) is 2.44. The number of aliphatic hydroxyl groups is 1. The first-order valence-electron chi connectivity index (χ1n) is 6.68. The summed E-state index contributed by atoms with van der Waals surface area (Å²) < 4.78 is 29.2. The number of benzene rings is 1. The number of rotatable bonds is 8. The number of hydrogen-bond donors (Lipinski definition) is 3. The highest BCUT2D eigenvalue weighted by Gasteiger charge is 2.10. The number of anilines is 1. The molecule has 0 aliphatic heterocycles. The quantitative estimate of drug-likeness (QED) is 0.691. The highest BCUT2D eigenvalue weighted by molar-refractivity contribution is 5.90. The van der Waals surface area contributed by atoms with Crippen LogP contribution in [0.25, 0.3) is 0 Å². The predicted octanol–water partition coefficient (Wildman–Crippen LogP) is 2.47. The van der Waals surface area contributed by atoms with E-state index in [0.29, 0.717) is 18.7 Å². The largest absolute Gasteiger partial charge is 0.485 e. The van der Waals surface area contributed by atoms with Crippen molar-refractivity contribution < 1.29 is 23.4 Å². The van der Waals surface area contributed by atoms with E-state index in [2.05, 4.69) is 10.6 Å². The van der Waals surface area contributed by atoms with Gasteiger partial charge in [0.25, 0.3) is 6.43 Å². The van der Waals surface area contributed by atoms with Gasteiger partial charge in [-0.25, -0.2) is 13.6 Å². The number of halogens is 2. The highest BCUT2D eigenvalue weighted by Crippen LogP contribution is 2.24. The molecule has 1 aromatic carbocycles. The smallest absolute Gasteiger partial charge is 0.319 e. The summed E-state index contributed by atoms with van der Waals surface area (Å²) in [5.74, 6) is 0.336. The molecule has 1 aromatic rings. The Hall–Kier alpha value is -1.89. The maximum Gasteiger partial charge on any atom is 0.319 e. The van der Waals surface area contributed by atoms with Gasteiger partial charge in [-0.3, -0.25) is 0 Å². The predicted molar refractivity (Wildman–Crippen MR) is 75.8 cm³/mol. The molecule has 0 heterocycles. The van der Waals surface area contributed by atoms with Gasteiger partial charge in [0.1, 0.15) is 12.4 Å². The van der Waals surface area contributed by atoms with Gasteiger partial charge in [-0.15, -0.1) is 0 Å². The molecule has 0 spiro atoms. The summed E-state index contributed by atoms with van der Waals surface area (Å²) in [4.78, 5) is 11.7. The van der Waals surface area contributed by atoms with Crippen LogP contribution in [0.5, 0.6) is 5.75 Å². The van der Waals surface area contributed by atoms with Gasteiger partial charge in [0, 0.05) is 13.2 Å². The van der Waals surface area contributed by atoms with Crippen molar-refractivity contribution in [1.82, 2.24) is 5.32 Å². The van der Waals surface area contributed by atoms with E-state index in [4.69, 9.17) is 9.84 Å². The molecule has 0 fully saturated rings. The fourth-order valence-corrected chi connectivity index (χ4v) is 1.60. The lowest BCUT2D eigenvalue weighted by molar-refractivity contribution is 0.0823. The number of carbonyl (C=O) groups excluding carboxylic acids is 1. The molecule has 0 aliphatic carbocycles. The summed E-state index contributed by atoms with van der Waals surface area (Å²) in [5, 5.41) is 14.0. The summed E-state index contributed by atoms with van der Waals surface area (Å²) in [6.45, 7) is 1.64. The van der Waals surface area contributed by atoms with Crippen LogP contribution in [0.3, 0.4) is 0 Å². The Morgan fingerprint density at radius 3 is 2.76 bits per heavy atom. The molecule has 5 nitrogen and oxygen atoms in total. The zero-order valence-electron chi connectivity index (χ0n) is 11.8. The third-order valence-electron chi connectivity index (χ3n) is 2.73. The number of para-hydroxylation sites is 2. The Kier molecular flexibility index (Phi) is 7.45. The van der Waals surface area contributed by atoms with E-state index < -0.39 is 19.1 Å². The van der Waals surface area contributed by atoms with E-state index in [9.17, 15) is 13.6 Å². The SMILES string of the molecule is CC(CCO)CNC(=O)Nc1ccccc1OCC(F)F. The topological polar surface area (TPSA) is 70.6 Å². The molecule has 2 amide bonds. The molecular formula is C14H20F2N2O3. The number of aliphatic hydroxyl groups excluding tert-OH is 1. The lowest BCUT2D eigenvalue weighted by Crippen LogP contribution is -2.32. The number of carbonyl (C=O) groups is 1. The zero-order chi connectivity index (χ0) is 15.7. The number of ether oxygens (including phenoxy) is 1. The number of amides is 2. The summed E-state index contributed by atoms with van der Waals surface area (Å²) in [6, 6.07) is 5.92. The molecule has 0 aromatic heterocycles. The Morgan fingerprint density at radius 1 is 1.38 bits per heavy atom. The second-order valence-electron chi connectivity index (χ2n) is 4.65. The molecule has 1 atom stereocenters. The second-order valence-corrected chi connectivity index (χ2v) is 4.65. The normalized spacial score (nSPS) is 12.0. The molecule has 118 valence electrons. The van der Waals surface area contributed by atoms with Crippen molar-refractivity contribution in [2.75, 3.05) is 25.1 Å². The van der Waals surface area contributed by atoms with Crippen LogP contribution in [-0.4, -0.2) is 37.3 Å². The first-order valence-corrected chi connectivity index (χ1v) is 6.68. The van der Waals surface area contributed by atoms with E-state index in [0.717, 1.165) is 0 Å². The van der Waals surface area contributed by atoms with E-state index in [1.54, 1.807) is 18.2 Å². The number of nitrogens with one attached hydrogen (secondary N) is 2. The van der Waals surface area contributed by atoms with Crippen LogP contribution >= 0.6 is 0 Å². The Balaban J connectivity index is 2.51. The van der Waals surface area contributed by atoms with Gasteiger partial charge in [0.2, 0.25) is 0 Å². The molecule has 21 heavy (non-hydrogen) atoms. The molecule has 1 rings (SSSR count). The van der Waals surface area contributed by atoms with E-state index in [-0.39, 0.29) is 18.3 Å². The van der Waals surface area contributed by atoms with Crippen LogP contribution in [0.1, 0.15) is 13.3 Å². The minimum atomic E-state index is -2.58. The van der Waals surface area contributed by atoms with Crippen LogP contribution in [0.2, 0.25) is 0 Å². The molecule has 0 saturated heterocycles. The van der Waals surface area contributed by atoms with Crippen molar-refractivity contribution in [3.05, 3.63) is 24.3 Å². The fourth-order valence-electron chi connectivity index (χ4n) is 1.60. The second kappa shape index (κ2) is 9.12. The summed E-state index contributed by atoms with van der Waals surface area (Å²) >= 11 is 0. The van der Waals surface area contributed by atoms with Gasteiger partial charge in [-0.05, 0) is 24.5 Å². The first kappa shape index (κ1) is 17.2. The van der Waals surface area contributed by atoms with E-state index in [1.807, 2.05) is 6.92 Å². The summed E-state index contributed by atoms with van der Waals surface area (Å²) in [5.41, 5.74) is 0.325. The Labute approximate surface area is 122 Å². The molecular weight excluding hydrogens is 282 g/mol. The zero-order valence-corrected chi connectivity index (χ0v) is 11.8. The van der Waals surface area contributed by atoms with Crippen molar-refractivity contribution in [2.24, 2.45) is 5.92 Å². The van der Waals surface area contributed by atoms with E-state index >= 15 is 0 Å². The molecule has 0 bridgehead atoms. The van der Waals surface area contributed by atoms with Gasteiger partial charge < -0.3 is 20.5 Å². The third kappa shape index (κ3) is 6.89. The lowest BCUT2D eigenvalue weighted by Gasteiger charge is -2.14. The Bertz CT molecular complexity index is 444. The van der Waals surface area contributed by atoms with Crippen molar-refractivity contribution in [2.45, 2.75) is 19.8 Å². The molecule has 7 heteroatoms. The van der Waals surface area contributed by atoms with Crippen LogP contribution in [0, 0.1) is 5.92 Å². The van der Waals surface area contributed by atoms with Crippen LogP contribution < -0.4 is 15.4 Å². The molecule has 1 unspecified atom stereocenters. The maximum absolute atomic E-state index is 12.2. The highest BCUT2D eigenvalue weighted by atomic mass is 19.3. The van der Waals surface area contributed by atoms with Crippen LogP contribution in [0.4, 0.5) is 19.3 Å². The van der Waals surface area contributed by atoms with Crippen molar-refractivity contribution in [3.63, 3.8) is 0 Å². The Morgan fingerprint density at radius 2 is 2.10 bits per heavy atom. The minimum Gasteiger partial charge on any atom is -0.485 e. The summed E-state index contributed by atoms with van der Waals surface area (Å²) in [7, 11) is 0. The molecule has 0 radical (unpaired) electrons. The monoisotopic (exact) mass is 302 g/mol. The van der Waals surface area contributed by atoms with Gasteiger partial charge >= 0.3 is 6.03 Å². The number of alkyl halides is 2.